The normalized spacial score (nSPS) is 13.7. The zero-order valence-corrected chi connectivity index (χ0v) is 19.7. The molecule has 0 saturated carbocycles. The van der Waals surface area contributed by atoms with Crippen molar-refractivity contribution in [3.8, 4) is 5.69 Å². The zero-order chi connectivity index (χ0) is 23.6. The van der Waals surface area contributed by atoms with E-state index in [1.165, 1.54) is 16.7 Å². The van der Waals surface area contributed by atoms with Gasteiger partial charge in [-0.1, -0.05) is 39.8 Å². The highest BCUT2D eigenvalue weighted by molar-refractivity contribution is 5.79. The second-order valence-corrected chi connectivity index (χ2v) is 9.86. The van der Waals surface area contributed by atoms with Gasteiger partial charge < -0.3 is 4.90 Å². The highest BCUT2D eigenvalue weighted by Gasteiger charge is 2.26. The molecule has 170 valence electrons. The molecule has 0 saturated heterocycles. The van der Waals surface area contributed by atoms with Gasteiger partial charge in [-0.05, 0) is 61.1 Å². The molecule has 2 unspecified atom stereocenters. The molecule has 2 atom stereocenters. The SMILES string of the molecule is CC(CC(=O)N(C)C(C)c1nc2ccccc2c(=O)n1-c1ccc(F)cc1)CC(C)(C)C. The molecule has 32 heavy (non-hydrogen) atoms. The van der Waals surface area contributed by atoms with Crippen LogP contribution < -0.4 is 5.56 Å². The van der Waals surface area contributed by atoms with Gasteiger partial charge in [0.15, 0.2) is 0 Å². The maximum Gasteiger partial charge on any atom is 0.266 e. The van der Waals surface area contributed by atoms with E-state index in [4.69, 9.17) is 4.98 Å². The van der Waals surface area contributed by atoms with Crippen molar-refractivity contribution in [1.29, 1.82) is 0 Å². The van der Waals surface area contributed by atoms with Gasteiger partial charge in [-0.15, -0.1) is 0 Å². The van der Waals surface area contributed by atoms with Crippen LogP contribution in [0, 0.1) is 17.2 Å². The number of fused-ring (bicyclic) bond motifs is 1. The number of amides is 1. The number of hydrogen-bond donors (Lipinski definition) is 0. The van der Waals surface area contributed by atoms with Crippen molar-refractivity contribution >= 4 is 16.8 Å². The summed E-state index contributed by atoms with van der Waals surface area (Å²) in [5.41, 5.74) is 0.983. The minimum atomic E-state index is -0.452. The summed E-state index contributed by atoms with van der Waals surface area (Å²) >= 11 is 0. The summed E-state index contributed by atoms with van der Waals surface area (Å²) in [6, 6.07) is 12.4. The number of aromatic nitrogens is 2. The number of carbonyl (C=O) groups excluding carboxylic acids is 1. The predicted octanol–water partition coefficient (Wildman–Crippen LogP) is 5.51. The Hall–Kier alpha value is -3.02. The molecule has 0 radical (unpaired) electrons. The van der Waals surface area contributed by atoms with Gasteiger partial charge in [0.05, 0.1) is 22.6 Å². The summed E-state index contributed by atoms with van der Waals surface area (Å²) in [7, 11) is 1.74. The van der Waals surface area contributed by atoms with Gasteiger partial charge in [0.2, 0.25) is 5.91 Å². The molecule has 1 heterocycles. The van der Waals surface area contributed by atoms with Crippen molar-refractivity contribution in [1.82, 2.24) is 14.5 Å². The second kappa shape index (κ2) is 9.23. The molecule has 3 rings (SSSR count). The summed E-state index contributed by atoms with van der Waals surface area (Å²) in [5.74, 6) is 0.299. The van der Waals surface area contributed by atoms with Crippen LogP contribution in [0.5, 0.6) is 0 Å². The summed E-state index contributed by atoms with van der Waals surface area (Å²) in [6.07, 6.45) is 1.36. The number of carbonyl (C=O) groups is 1. The maximum atomic E-state index is 13.5. The predicted molar refractivity (Wildman–Crippen MR) is 126 cm³/mol. The molecule has 5 nitrogen and oxygen atoms in total. The molecule has 0 fully saturated rings. The van der Waals surface area contributed by atoms with Gasteiger partial charge >= 0.3 is 0 Å². The fourth-order valence-electron chi connectivity index (χ4n) is 4.22. The molecule has 1 amide bonds. The Bertz CT molecular complexity index is 1160. The van der Waals surface area contributed by atoms with Crippen LogP contribution in [0.3, 0.4) is 0 Å². The van der Waals surface area contributed by atoms with E-state index in [-0.39, 0.29) is 28.6 Å². The molecule has 0 bridgehead atoms. The fraction of sp³-hybridized carbons (Fsp3) is 0.423. The van der Waals surface area contributed by atoms with Crippen molar-refractivity contribution in [3.05, 3.63) is 70.5 Å². The van der Waals surface area contributed by atoms with Crippen LogP contribution >= 0.6 is 0 Å². The lowest BCUT2D eigenvalue weighted by molar-refractivity contribution is -0.133. The minimum Gasteiger partial charge on any atom is -0.336 e. The lowest BCUT2D eigenvalue weighted by Gasteiger charge is -2.29. The largest absolute Gasteiger partial charge is 0.336 e. The first-order valence-electron chi connectivity index (χ1n) is 11.0. The average Bonchev–Trinajstić information content (AvgIpc) is 2.72. The van der Waals surface area contributed by atoms with Gasteiger partial charge in [-0.2, -0.15) is 0 Å². The van der Waals surface area contributed by atoms with E-state index in [0.29, 0.717) is 28.8 Å². The number of para-hydroxylation sites is 1. The van der Waals surface area contributed by atoms with E-state index in [0.717, 1.165) is 6.42 Å². The number of hydrogen-bond acceptors (Lipinski definition) is 3. The first kappa shape index (κ1) is 23.6. The average molecular weight is 438 g/mol. The third-order valence-corrected chi connectivity index (χ3v) is 5.72. The third kappa shape index (κ3) is 5.23. The Morgan fingerprint density at radius 1 is 1.09 bits per heavy atom. The van der Waals surface area contributed by atoms with E-state index in [1.807, 2.05) is 13.0 Å². The Kier molecular flexibility index (Phi) is 6.82. The molecule has 6 heteroatoms. The highest BCUT2D eigenvalue weighted by atomic mass is 19.1. The van der Waals surface area contributed by atoms with E-state index in [2.05, 4.69) is 27.7 Å². The molecule has 2 aromatic carbocycles. The van der Waals surface area contributed by atoms with Crippen LogP contribution in [0.15, 0.2) is 53.3 Å². The van der Waals surface area contributed by atoms with Crippen LogP contribution in [0.1, 0.15) is 59.3 Å². The van der Waals surface area contributed by atoms with E-state index < -0.39 is 6.04 Å². The lowest BCUT2D eigenvalue weighted by Crippen LogP contribution is -2.35. The Balaban J connectivity index is 2.02. The third-order valence-electron chi connectivity index (χ3n) is 5.72. The van der Waals surface area contributed by atoms with Crippen LogP contribution in [0.4, 0.5) is 4.39 Å². The second-order valence-electron chi connectivity index (χ2n) is 9.86. The van der Waals surface area contributed by atoms with E-state index in [1.54, 1.807) is 42.3 Å². The molecule has 0 spiro atoms. The van der Waals surface area contributed by atoms with Crippen LogP contribution in [-0.4, -0.2) is 27.4 Å². The summed E-state index contributed by atoms with van der Waals surface area (Å²) in [4.78, 5) is 32.8. The number of rotatable bonds is 6. The van der Waals surface area contributed by atoms with Crippen LogP contribution in [0.2, 0.25) is 0 Å². The maximum absolute atomic E-state index is 13.5. The quantitative estimate of drug-likeness (QED) is 0.511. The summed E-state index contributed by atoms with van der Waals surface area (Å²) < 4.78 is 15.0. The smallest absolute Gasteiger partial charge is 0.266 e. The Morgan fingerprint density at radius 2 is 1.72 bits per heavy atom. The van der Waals surface area contributed by atoms with Crippen molar-refractivity contribution in [2.24, 2.45) is 11.3 Å². The van der Waals surface area contributed by atoms with Gasteiger partial charge in [-0.25, -0.2) is 9.37 Å². The molecule has 0 aliphatic carbocycles. The van der Waals surface area contributed by atoms with E-state index >= 15 is 0 Å². The van der Waals surface area contributed by atoms with Crippen molar-refractivity contribution in [2.75, 3.05) is 7.05 Å². The van der Waals surface area contributed by atoms with Crippen molar-refractivity contribution in [2.45, 2.75) is 53.5 Å². The number of benzene rings is 2. The molecule has 1 aromatic heterocycles. The van der Waals surface area contributed by atoms with Gasteiger partial charge in [0.1, 0.15) is 11.6 Å². The first-order chi connectivity index (χ1) is 15.0. The van der Waals surface area contributed by atoms with Gasteiger partial charge in [0.25, 0.3) is 5.56 Å². The lowest BCUT2D eigenvalue weighted by atomic mass is 9.84. The zero-order valence-electron chi connectivity index (χ0n) is 19.7. The summed E-state index contributed by atoms with van der Waals surface area (Å²) in [5, 5.41) is 0.473. The molecular formula is C26H32FN3O2. The highest BCUT2D eigenvalue weighted by Crippen LogP contribution is 2.28. The monoisotopic (exact) mass is 437 g/mol. The van der Waals surface area contributed by atoms with Gasteiger partial charge in [0, 0.05) is 13.5 Å². The first-order valence-corrected chi connectivity index (χ1v) is 11.0. The number of nitrogens with zero attached hydrogens (tertiary/aromatic N) is 3. The molecule has 0 N–H and O–H groups in total. The van der Waals surface area contributed by atoms with Gasteiger partial charge in [-0.3, -0.25) is 14.2 Å². The van der Waals surface area contributed by atoms with Crippen molar-refractivity contribution < 1.29 is 9.18 Å². The standard InChI is InChI=1S/C26H32FN3O2/c1-17(16-26(3,4)5)15-23(31)29(6)18(2)24-28-22-10-8-7-9-21(22)25(32)30(24)20-13-11-19(27)12-14-20/h7-14,17-18H,15-16H2,1-6H3. The fourth-order valence-corrected chi connectivity index (χ4v) is 4.22. The number of halogens is 1. The van der Waals surface area contributed by atoms with Crippen molar-refractivity contribution in [3.63, 3.8) is 0 Å². The molecular weight excluding hydrogens is 405 g/mol. The Labute approximate surface area is 188 Å². The van der Waals surface area contributed by atoms with E-state index in [9.17, 15) is 14.0 Å². The summed E-state index contributed by atoms with van der Waals surface area (Å²) in [6.45, 7) is 10.5. The Morgan fingerprint density at radius 3 is 2.34 bits per heavy atom. The van der Waals surface area contributed by atoms with Crippen LogP contribution in [-0.2, 0) is 4.79 Å². The molecule has 0 aliphatic rings. The van der Waals surface area contributed by atoms with Crippen LogP contribution in [0.25, 0.3) is 16.6 Å². The molecule has 0 aliphatic heterocycles. The topological polar surface area (TPSA) is 55.2 Å². The molecule has 3 aromatic rings. The minimum absolute atomic E-state index is 0.00214.